The van der Waals surface area contributed by atoms with E-state index in [0.29, 0.717) is 26.1 Å². The van der Waals surface area contributed by atoms with Crippen molar-refractivity contribution in [2.75, 3.05) is 83.8 Å². The Hall–Kier alpha value is -3.65. The lowest BCUT2D eigenvalue weighted by atomic mass is 9.58. The van der Waals surface area contributed by atoms with Crippen LogP contribution in [0, 0.1) is 17.7 Å². The number of sulfone groups is 1. The summed E-state index contributed by atoms with van der Waals surface area (Å²) in [6, 6.07) is 13.9. The number of hydrogen-bond donors (Lipinski definition) is 0. The highest BCUT2D eigenvalue weighted by molar-refractivity contribution is 7.91. The molecule has 4 heterocycles. The molecule has 1 saturated carbocycles. The summed E-state index contributed by atoms with van der Waals surface area (Å²) in [6.45, 7) is 10.9. The highest BCUT2D eigenvalue weighted by Gasteiger charge is 2.53. The van der Waals surface area contributed by atoms with Crippen molar-refractivity contribution in [1.82, 2.24) is 14.7 Å². The average molecular weight is 764 g/mol. The Morgan fingerprint density at radius 2 is 1.72 bits per heavy atom. The molecule has 0 N–H and O–H groups in total. The molecule has 2 aromatic carbocycles. The molecule has 0 bridgehead atoms. The molecule has 3 atom stereocenters. The first-order valence-corrected chi connectivity index (χ1v) is 21.1. The molecule has 13 heteroatoms. The SMILES string of the molecule is C=CC(=O)N1CC[C@@H]1CS(=O)(=O)c1ccc(N2CC(CN3CCC(C(CN4CCC4)(c4cccc(F)c4)[C@H]4CCCC4=NC(=O)OC)CC3)(OC)C2)cc1. The Labute approximate surface area is 319 Å². The molecule has 0 spiro atoms. The van der Waals surface area contributed by atoms with Crippen LogP contribution >= 0.6 is 0 Å². The van der Waals surface area contributed by atoms with Gasteiger partial charge >= 0.3 is 6.09 Å². The van der Waals surface area contributed by atoms with Crippen LogP contribution in [0.3, 0.4) is 0 Å². The van der Waals surface area contributed by atoms with E-state index in [1.807, 2.05) is 18.2 Å². The number of nitrogens with zero attached hydrogens (tertiary/aromatic N) is 5. The fourth-order valence-electron chi connectivity index (χ4n) is 9.79. The summed E-state index contributed by atoms with van der Waals surface area (Å²) in [6.07, 6.45) is 6.96. The zero-order valence-corrected chi connectivity index (χ0v) is 32.4. The summed E-state index contributed by atoms with van der Waals surface area (Å²) >= 11 is 0. The molecule has 0 radical (unpaired) electrons. The Morgan fingerprint density at radius 1 is 0.981 bits per heavy atom. The van der Waals surface area contributed by atoms with Gasteiger partial charge in [-0.25, -0.2) is 17.6 Å². The van der Waals surface area contributed by atoms with Crippen molar-refractivity contribution in [3.05, 3.63) is 72.6 Å². The first kappa shape index (κ1) is 38.6. The van der Waals surface area contributed by atoms with E-state index in [9.17, 15) is 18.0 Å². The normalized spacial score (nSPS) is 25.4. The molecule has 292 valence electrons. The zero-order chi connectivity index (χ0) is 38.1. The van der Waals surface area contributed by atoms with E-state index in [4.69, 9.17) is 9.47 Å². The minimum atomic E-state index is -3.56. The second-order valence-electron chi connectivity index (χ2n) is 15.9. The van der Waals surface area contributed by atoms with Crippen molar-refractivity contribution in [2.24, 2.45) is 16.8 Å². The third-order valence-corrected chi connectivity index (χ3v) is 14.8. The second-order valence-corrected chi connectivity index (χ2v) is 18.0. The number of rotatable bonds is 13. The topological polar surface area (TPSA) is 112 Å². The fraction of sp³-hybridized carbons (Fsp3) is 0.585. The van der Waals surface area contributed by atoms with Gasteiger partial charge in [-0.2, -0.15) is 4.99 Å². The van der Waals surface area contributed by atoms with E-state index in [1.165, 1.54) is 19.3 Å². The van der Waals surface area contributed by atoms with E-state index < -0.39 is 15.9 Å². The largest absolute Gasteiger partial charge is 0.451 e. The molecule has 0 aromatic heterocycles. The summed E-state index contributed by atoms with van der Waals surface area (Å²) < 4.78 is 52.5. The molecule has 1 aliphatic carbocycles. The van der Waals surface area contributed by atoms with Crippen LogP contribution in [0.1, 0.15) is 50.5 Å². The molecule has 2 aromatic rings. The smallest absolute Gasteiger partial charge is 0.433 e. The van der Waals surface area contributed by atoms with Gasteiger partial charge in [-0.05, 0) is 125 Å². The maximum absolute atomic E-state index is 15.0. The number of aliphatic imine (C=N–C) groups is 1. The Balaban J connectivity index is 1.02. The molecule has 4 saturated heterocycles. The first-order valence-electron chi connectivity index (χ1n) is 19.4. The van der Waals surface area contributed by atoms with Crippen LogP contribution in [0.25, 0.3) is 0 Å². The van der Waals surface area contributed by atoms with Crippen molar-refractivity contribution in [2.45, 2.75) is 66.9 Å². The predicted octanol–water partition coefficient (Wildman–Crippen LogP) is 4.95. The number of anilines is 1. The number of ether oxygens (including phenoxy) is 2. The number of hydrogen-bond acceptors (Lipinski definition) is 9. The summed E-state index contributed by atoms with van der Waals surface area (Å²) in [5, 5.41) is 0. The van der Waals surface area contributed by atoms with E-state index >= 15 is 4.39 Å². The van der Waals surface area contributed by atoms with Crippen molar-refractivity contribution in [1.29, 1.82) is 0 Å². The predicted molar refractivity (Wildman–Crippen MR) is 206 cm³/mol. The summed E-state index contributed by atoms with van der Waals surface area (Å²) in [5.41, 5.74) is 2.10. The van der Waals surface area contributed by atoms with Crippen molar-refractivity contribution < 1.29 is 31.9 Å². The number of carbonyl (C=O) groups excluding carboxylic acids is 2. The first-order chi connectivity index (χ1) is 26.0. The van der Waals surface area contributed by atoms with Gasteiger partial charge in [-0.3, -0.25) is 4.79 Å². The maximum Gasteiger partial charge on any atom is 0.433 e. The van der Waals surface area contributed by atoms with Crippen LogP contribution in [0.2, 0.25) is 0 Å². The summed E-state index contributed by atoms with van der Waals surface area (Å²) in [7, 11) is -0.421. The number of carbonyl (C=O) groups is 2. The van der Waals surface area contributed by atoms with Gasteiger partial charge in [0, 0.05) is 55.5 Å². The Morgan fingerprint density at radius 3 is 2.31 bits per heavy atom. The van der Waals surface area contributed by atoms with Gasteiger partial charge in [0.25, 0.3) is 0 Å². The lowest BCUT2D eigenvalue weighted by Crippen LogP contribution is -2.68. The standard InChI is InChI=1S/C41H54FN5O6S/c1-4-38(48)47-23-18-34(47)25-54(50,51)35-14-12-33(13-15-35)46-27-40(28-46,53-3)26-45-21-16-30(17-22-45)41(29-44-19-7-20-44,31-8-5-9-32(42)24-31)36-10-6-11-37(36)43-39(49)52-2/h4-5,8-9,12-15,24,30,34,36H,1,6-7,10-11,16-23,25-29H2,2-3H3/t34-,36+,41?/m1/s1. The third-order valence-electron chi connectivity index (χ3n) is 12.9. The zero-order valence-electron chi connectivity index (χ0n) is 31.6. The van der Waals surface area contributed by atoms with Crippen molar-refractivity contribution in [3.63, 3.8) is 0 Å². The highest BCUT2D eigenvalue weighted by Crippen LogP contribution is 2.51. The minimum Gasteiger partial charge on any atom is -0.451 e. The highest BCUT2D eigenvalue weighted by atomic mass is 32.2. The van der Waals surface area contributed by atoms with Gasteiger partial charge in [-0.15, -0.1) is 0 Å². The number of halogens is 1. The Bertz CT molecular complexity index is 1840. The average Bonchev–Trinajstić information content (AvgIpc) is 3.60. The minimum absolute atomic E-state index is 0.0248. The van der Waals surface area contributed by atoms with Crippen LogP contribution in [0.4, 0.5) is 14.9 Å². The number of amides is 2. The second kappa shape index (κ2) is 15.8. The molecular formula is C41H54FN5O6S. The number of likely N-dealkylation sites (tertiary alicyclic amines) is 3. The van der Waals surface area contributed by atoms with Gasteiger partial charge in [0.05, 0.1) is 30.8 Å². The van der Waals surface area contributed by atoms with E-state index in [0.717, 1.165) is 94.8 Å². The lowest BCUT2D eigenvalue weighted by molar-refractivity contribution is -0.132. The van der Waals surface area contributed by atoms with Crippen LogP contribution in [-0.2, 0) is 29.5 Å². The van der Waals surface area contributed by atoms with E-state index in [-0.39, 0.29) is 51.3 Å². The quantitative estimate of drug-likeness (QED) is 0.262. The van der Waals surface area contributed by atoms with Gasteiger partial charge in [0.1, 0.15) is 11.4 Å². The van der Waals surface area contributed by atoms with Crippen LogP contribution in [0.5, 0.6) is 0 Å². The van der Waals surface area contributed by atoms with Crippen LogP contribution in [-0.4, -0.2) is 131 Å². The molecule has 11 nitrogen and oxygen atoms in total. The molecule has 7 rings (SSSR count). The number of methoxy groups -OCH3 is 2. The van der Waals surface area contributed by atoms with Gasteiger partial charge in [-0.1, -0.05) is 18.7 Å². The molecule has 4 aliphatic heterocycles. The lowest BCUT2D eigenvalue weighted by Gasteiger charge is -2.55. The number of piperidine rings is 1. The monoisotopic (exact) mass is 763 g/mol. The van der Waals surface area contributed by atoms with Gasteiger partial charge < -0.3 is 29.1 Å². The summed E-state index contributed by atoms with van der Waals surface area (Å²) in [4.78, 5) is 38.0. The van der Waals surface area contributed by atoms with Crippen molar-refractivity contribution >= 4 is 33.2 Å². The maximum atomic E-state index is 15.0. The number of benzene rings is 2. The summed E-state index contributed by atoms with van der Waals surface area (Å²) in [5.74, 6) is -0.272. The molecule has 5 fully saturated rings. The Kier molecular flexibility index (Phi) is 11.3. The van der Waals surface area contributed by atoms with Crippen molar-refractivity contribution in [3.8, 4) is 0 Å². The van der Waals surface area contributed by atoms with Crippen LogP contribution < -0.4 is 4.90 Å². The molecule has 2 amide bonds. The fourth-order valence-corrected chi connectivity index (χ4v) is 11.4. The van der Waals surface area contributed by atoms with Crippen LogP contribution in [0.15, 0.2) is 71.1 Å². The molecule has 54 heavy (non-hydrogen) atoms. The molecule has 1 unspecified atom stereocenters. The third kappa shape index (κ3) is 7.61. The molecule has 5 aliphatic rings. The molecular weight excluding hydrogens is 710 g/mol. The van der Waals surface area contributed by atoms with E-state index in [2.05, 4.69) is 32.3 Å². The van der Waals surface area contributed by atoms with Gasteiger partial charge in [0.15, 0.2) is 9.84 Å². The van der Waals surface area contributed by atoms with Gasteiger partial charge in [0.2, 0.25) is 5.91 Å². The van der Waals surface area contributed by atoms with E-state index in [1.54, 1.807) is 30.2 Å².